The van der Waals surface area contributed by atoms with E-state index in [9.17, 15) is 9.90 Å². The van der Waals surface area contributed by atoms with Crippen molar-refractivity contribution in [2.24, 2.45) is 28.6 Å². The van der Waals surface area contributed by atoms with Crippen LogP contribution in [0.4, 0.5) is 0 Å². The number of hydrogen-bond donors (Lipinski definition) is 2. The van der Waals surface area contributed by atoms with Crippen molar-refractivity contribution in [1.29, 1.82) is 0 Å². The van der Waals surface area contributed by atoms with Crippen LogP contribution in [-0.4, -0.2) is 54.8 Å². The third-order valence-electron chi connectivity index (χ3n) is 11.1. The summed E-state index contributed by atoms with van der Waals surface area (Å²) in [4.78, 5) is 13.9. The van der Waals surface area contributed by atoms with Gasteiger partial charge in [0.05, 0.1) is 31.6 Å². The topological polar surface area (TPSA) is 49.3 Å². The smallest absolute Gasteiger partial charge is 0.226 e. The third-order valence-corrected chi connectivity index (χ3v) is 11.1. The molecule has 0 saturated heterocycles. The minimum Gasteiger partial charge on any atom is -0.396 e. The summed E-state index contributed by atoms with van der Waals surface area (Å²) >= 11 is 0. The van der Waals surface area contributed by atoms with Crippen molar-refractivity contribution in [3.8, 4) is 0 Å². The molecule has 228 valence electrons. The molecule has 2 unspecified atom stereocenters. The van der Waals surface area contributed by atoms with Crippen molar-refractivity contribution in [3.05, 3.63) is 35.5 Å². The van der Waals surface area contributed by atoms with E-state index in [1.807, 2.05) is 0 Å². The summed E-state index contributed by atoms with van der Waals surface area (Å²) in [6.07, 6.45) is 18.7. The number of hydrogen-bond acceptors (Lipinski definition) is 2. The summed E-state index contributed by atoms with van der Waals surface area (Å²) in [6.45, 7) is 23.2. The van der Waals surface area contributed by atoms with Crippen LogP contribution < -0.4 is 5.32 Å². The molecule has 4 nitrogen and oxygen atoms in total. The summed E-state index contributed by atoms with van der Waals surface area (Å²) in [6, 6.07) is 0. The number of allylic oxidation sites excluding steroid dienone is 4. The maximum atomic E-state index is 13.9. The molecule has 0 aliphatic heterocycles. The molecule has 4 heteroatoms. The summed E-state index contributed by atoms with van der Waals surface area (Å²) in [5.74, 6) is 1.92. The highest BCUT2D eigenvalue weighted by Crippen LogP contribution is 2.62. The van der Waals surface area contributed by atoms with Crippen LogP contribution in [0.15, 0.2) is 35.5 Å². The Kier molecular flexibility index (Phi) is 12.1. The average molecular weight is 556 g/mol. The molecule has 1 amide bonds. The number of nitrogens with zero attached hydrogens (tertiary/aromatic N) is 1. The van der Waals surface area contributed by atoms with Gasteiger partial charge in [-0.05, 0) is 86.2 Å². The molecule has 2 N–H and O–H groups in total. The molecule has 5 atom stereocenters. The highest BCUT2D eigenvalue weighted by molar-refractivity contribution is 5.83. The highest BCUT2D eigenvalue weighted by atomic mass is 16.3. The van der Waals surface area contributed by atoms with E-state index in [-0.39, 0.29) is 23.3 Å². The zero-order valence-corrected chi connectivity index (χ0v) is 27.1. The molecule has 0 heterocycles. The first-order valence-electron chi connectivity index (χ1n) is 16.8. The van der Waals surface area contributed by atoms with Crippen molar-refractivity contribution in [3.63, 3.8) is 0 Å². The minimum absolute atomic E-state index is 0.212. The number of amides is 1. The van der Waals surface area contributed by atoms with Crippen LogP contribution in [0, 0.1) is 28.6 Å². The first-order chi connectivity index (χ1) is 19.0. The number of fused-ring (bicyclic) bond motifs is 3. The maximum Gasteiger partial charge on any atom is 0.226 e. The lowest BCUT2D eigenvalue weighted by Crippen LogP contribution is -2.56. The van der Waals surface area contributed by atoms with Gasteiger partial charge in [-0.3, -0.25) is 4.79 Å². The molecule has 0 aromatic rings. The van der Waals surface area contributed by atoms with Crippen LogP contribution in [0.25, 0.3) is 0 Å². The number of unbranched alkanes of at least 4 members (excludes halogenated alkanes) is 3. The number of nitrogens with one attached hydrogen (secondary N) is 1. The number of aliphatic hydroxyl groups is 1. The zero-order valence-electron chi connectivity index (χ0n) is 27.1. The van der Waals surface area contributed by atoms with E-state index in [0.717, 1.165) is 69.3 Å². The number of carbonyl (C=O) groups excluding carboxylic acids is 1. The Labute approximate surface area is 247 Å². The first kappa shape index (κ1) is 33.1. The minimum atomic E-state index is -0.294. The van der Waals surface area contributed by atoms with Crippen LogP contribution in [0.2, 0.25) is 0 Å². The number of quaternary nitrogens is 1. The van der Waals surface area contributed by atoms with Crippen LogP contribution >= 0.6 is 0 Å². The Morgan fingerprint density at radius 1 is 1.12 bits per heavy atom. The van der Waals surface area contributed by atoms with E-state index in [1.54, 1.807) is 11.1 Å². The SMILES string of the molecule is C=C(C)C[N+](CCCO)(CCCCCC)CCCNC(=O)[C@@]1(C)CCC[C@@]2(C)C1CC=C1C=C(C(C)C)CC[C@H]12. The second-order valence-corrected chi connectivity index (χ2v) is 14.6. The molecule has 0 radical (unpaired) electrons. The van der Waals surface area contributed by atoms with Crippen molar-refractivity contribution in [2.45, 2.75) is 119 Å². The Bertz CT molecular complexity index is 920. The van der Waals surface area contributed by atoms with Gasteiger partial charge in [0, 0.05) is 26.0 Å². The fourth-order valence-electron chi connectivity index (χ4n) is 8.86. The summed E-state index contributed by atoms with van der Waals surface area (Å²) in [7, 11) is 0. The summed E-state index contributed by atoms with van der Waals surface area (Å²) in [5.41, 5.74) is 4.30. The van der Waals surface area contributed by atoms with Gasteiger partial charge in [0.2, 0.25) is 5.91 Å². The van der Waals surface area contributed by atoms with Gasteiger partial charge >= 0.3 is 0 Å². The van der Waals surface area contributed by atoms with E-state index in [2.05, 4.69) is 65.6 Å². The van der Waals surface area contributed by atoms with Gasteiger partial charge in [-0.25, -0.2) is 0 Å². The lowest BCUT2D eigenvalue weighted by molar-refractivity contribution is -0.924. The normalized spacial score (nSPS) is 29.6. The molecule has 0 spiro atoms. The van der Waals surface area contributed by atoms with Crippen LogP contribution in [-0.2, 0) is 4.79 Å². The van der Waals surface area contributed by atoms with E-state index < -0.39 is 0 Å². The quantitative estimate of drug-likeness (QED) is 0.115. The molecule has 0 aromatic carbocycles. The second-order valence-electron chi connectivity index (χ2n) is 14.6. The lowest BCUT2D eigenvalue weighted by Gasteiger charge is -2.57. The zero-order chi connectivity index (χ0) is 29.4. The molecular formula is C36H63N2O2+. The van der Waals surface area contributed by atoms with E-state index in [4.69, 9.17) is 0 Å². The van der Waals surface area contributed by atoms with Crippen molar-refractivity contribution in [1.82, 2.24) is 5.32 Å². The average Bonchev–Trinajstić information content (AvgIpc) is 2.91. The molecule has 3 rings (SSSR count). The molecule has 3 aliphatic carbocycles. The molecule has 3 aliphatic rings. The Morgan fingerprint density at radius 2 is 1.85 bits per heavy atom. The lowest BCUT2D eigenvalue weighted by atomic mass is 9.46. The maximum absolute atomic E-state index is 13.9. The van der Waals surface area contributed by atoms with Gasteiger partial charge in [-0.2, -0.15) is 0 Å². The highest BCUT2D eigenvalue weighted by Gasteiger charge is 2.56. The Hall–Kier alpha value is -1.39. The third kappa shape index (κ3) is 7.71. The second kappa shape index (κ2) is 14.7. The fraction of sp³-hybridized carbons (Fsp3) is 0.806. The van der Waals surface area contributed by atoms with Crippen molar-refractivity contribution >= 4 is 5.91 Å². The molecule has 40 heavy (non-hydrogen) atoms. The van der Waals surface area contributed by atoms with Crippen molar-refractivity contribution < 1.29 is 14.4 Å². The molecule has 1 fully saturated rings. The van der Waals surface area contributed by atoms with Gasteiger partial charge in [-0.1, -0.05) is 78.2 Å². The van der Waals surface area contributed by atoms with E-state index >= 15 is 0 Å². The molecular weight excluding hydrogens is 492 g/mol. The fourth-order valence-corrected chi connectivity index (χ4v) is 8.86. The summed E-state index contributed by atoms with van der Waals surface area (Å²) < 4.78 is 0.995. The Morgan fingerprint density at radius 3 is 2.52 bits per heavy atom. The van der Waals surface area contributed by atoms with Gasteiger partial charge in [0.1, 0.15) is 0 Å². The molecule has 0 aromatic heterocycles. The molecule has 0 bridgehead atoms. The van der Waals surface area contributed by atoms with Crippen LogP contribution in [0.3, 0.4) is 0 Å². The van der Waals surface area contributed by atoms with E-state index in [0.29, 0.717) is 17.8 Å². The number of carbonyl (C=O) groups is 1. The standard InChI is InChI=1S/C36H62N2O2/c1-8-9-10-11-22-38(24-14-25-39,27-28(2)3)23-13-21-37-34(40)36(7)20-12-19-35(6)32-17-15-30(29(4)5)26-31(32)16-18-33(35)36/h16,26,29,32-33,39H,2,8-15,17-25,27H2,1,3-7H3/p+1/t32-,33?,35-,36+,38?/m1/s1. The van der Waals surface area contributed by atoms with Gasteiger partial charge < -0.3 is 14.9 Å². The number of aliphatic hydroxyl groups excluding tert-OH is 1. The van der Waals surface area contributed by atoms with E-state index in [1.165, 1.54) is 50.5 Å². The first-order valence-corrected chi connectivity index (χ1v) is 16.8. The summed E-state index contributed by atoms with van der Waals surface area (Å²) in [5, 5.41) is 13.1. The Balaban J connectivity index is 1.66. The predicted octanol–water partition coefficient (Wildman–Crippen LogP) is 7.98. The largest absolute Gasteiger partial charge is 0.396 e. The monoisotopic (exact) mass is 555 g/mol. The van der Waals surface area contributed by atoms with Gasteiger partial charge in [0.15, 0.2) is 0 Å². The van der Waals surface area contributed by atoms with Crippen LogP contribution in [0.1, 0.15) is 119 Å². The van der Waals surface area contributed by atoms with Crippen LogP contribution in [0.5, 0.6) is 0 Å². The molecule has 1 saturated carbocycles. The number of rotatable bonds is 16. The van der Waals surface area contributed by atoms with Gasteiger partial charge in [-0.15, -0.1) is 0 Å². The van der Waals surface area contributed by atoms with Crippen molar-refractivity contribution in [2.75, 3.05) is 39.3 Å². The van der Waals surface area contributed by atoms with Gasteiger partial charge in [0.25, 0.3) is 0 Å². The predicted molar refractivity (Wildman–Crippen MR) is 170 cm³/mol.